The van der Waals surface area contributed by atoms with Crippen molar-refractivity contribution in [3.63, 3.8) is 0 Å². The molecule has 1 aliphatic rings. The first-order valence-electron chi connectivity index (χ1n) is 2.25. The van der Waals surface area contributed by atoms with Crippen LogP contribution in [-0.2, 0) is 14.6 Å². The first-order chi connectivity index (χ1) is 3.39. The van der Waals surface area contributed by atoms with Gasteiger partial charge in [-0.1, -0.05) is 0 Å². The van der Waals surface area contributed by atoms with Crippen molar-refractivity contribution in [2.75, 3.05) is 19.8 Å². The van der Waals surface area contributed by atoms with Crippen molar-refractivity contribution >= 4 is 0 Å². The lowest BCUT2D eigenvalue weighted by Gasteiger charge is -2.15. The highest BCUT2D eigenvalue weighted by molar-refractivity contribution is 4.43. The predicted octanol–water partition coefficient (Wildman–Crippen LogP) is -0.210. The lowest BCUT2D eigenvalue weighted by atomic mass is 10.6. The summed E-state index contributed by atoms with van der Waals surface area (Å²) in [6.07, 6.45) is -0.936. The first kappa shape index (κ1) is 5.03. The Bertz CT molecular complexity index is 48.9. The molecule has 1 aliphatic heterocycles. The summed E-state index contributed by atoms with van der Waals surface area (Å²) in [4.78, 5) is 0. The number of rotatable bonds is 0. The molecule has 0 aromatic rings. The fourth-order valence-electron chi connectivity index (χ4n) is 0.466. The smallest absolute Gasteiger partial charge is 0.215 e. The van der Waals surface area contributed by atoms with Gasteiger partial charge in [0.1, 0.15) is 6.61 Å². The van der Waals surface area contributed by atoms with Crippen molar-refractivity contribution in [1.29, 1.82) is 0 Å². The van der Waals surface area contributed by atoms with Crippen LogP contribution in [-0.4, -0.2) is 26.1 Å². The fraction of sp³-hybridized carbons (Fsp3) is 1.00. The monoisotopic (exact) mass is 103 g/mol. The van der Waals surface area contributed by atoms with Gasteiger partial charge in [0.25, 0.3) is 0 Å². The summed E-state index contributed by atoms with van der Waals surface area (Å²) in [5, 5.41) is 10.2. The lowest BCUT2D eigenvalue weighted by Crippen LogP contribution is -2.26. The molecule has 3 nitrogen and oxygen atoms in total. The van der Waals surface area contributed by atoms with Gasteiger partial charge in [-0.15, -0.1) is 0 Å². The van der Waals surface area contributed by atoms with Crippen LogP contribution in [0, 0.1) is 0 Å². The van der Waals surface area contributed by atoms with Gasteiger partial charge in [-0.05, 0) is 0 Å². The van der Waals surface area contributed by atoms with Gasteiger partial charge in [0.15, 0.2) is 0 Å². The molecule has 3 heteroatoms. The summed E-state index contributed by atoms with van der Waals surface area (Å²) in [5.74, 6) is 0. The molecule has 0 bridgehead atoms. The average molecular weight is 103 g/mol. The highest BCUT2D eigenvalue weighted by Gasteiger charge is 2.09. The van der Waals surface area contributed by atoms with Crippen molar-refractivity contribution in [1.82, 2.24) is 0 Å². The largest absolute Gasteiger partial charge is 0.374 e. The van der Waals surface area contributed by atoms with E-state index >= 15 is 0 Å². The van der Waals surface area contributed by atoms with Crippen LogP contribution in [0.5, 0.6) is 0 Å². The van der Waals surface area contributed by atoms with Crippen molar-refractivity contribution in [2.45, 2.75) is 6.29 Å². The van der Waals surface area contributed by atoms with E-state index in [1.54, 1.807) is 0 Å². The standard InChI is InChI=1S/C4H7O3/c5-4-3-6-1-2-7-4/h4H,1-3H2. The highest BCUT2D eigenvalue weighted by atomic mass is 16.7. The molecule has 1 heterocycles. The van der Waals surface area contributed by atoms with Crippen LogP contribution in [0.1, 0.15) is 0 Å². The predicted molar refractivity (Wildman–Crippen MR) is 21.2 cm³/mol. The van der Waals surface area contributed by atoms with Crippen LogP contribution in [0.4, 0.5) is 0 Å². The quantitative estimate of drug-likeness (QED) is 0.425. The summed E-state index contributed by atoms with van der Waals surface area (Å²) < 4.78 is 9.34. The molecule has 0 spiro atoms. The second-order valence-electron chi connectivity index (χ2n) is 1.38. The van der Waals surface area contributed by atoms with Gasteiger partial charge >= 0.3 is 0 Å². The molecule has 1 rings (SSSR count). The van der Waals surface area contributed by atoms with Crippen LogP contribution in [0.3, 0.4) is 0 Å². The maximum absolute atomic E-state index is 10.2. The minimum absolute atomic E-state index is 0.208. The Morgan fingerprint density at radius 2 is 2.29 bits per heavy atom. The Labute approximate surface area is 41.8 Å². The summed E-state index contributed by atoms with van der Waals surface area (Å²) >= 11 is 0. The van der Waals surface area contributed by atoms with Gasteiger partial charge in [0.2, 0.25) is 6.29 Å². The van der Waals surface area contributed by atoms with Gasteiger partial charge < -0.3 is 9.47 Å². The Balaban J connectivity index is 2.12. The summed E-state index contributed by atoms with van der Waals surface area (Å²) in [7, 11) is 0. The van der Waals surface area contributed by atoms with E-state index in [2.05, 4.69) is 4.74 Å². The maximum atomic E-state index is 10.2. The zero-order chi connectivity index (χ0) is 5.11. The third kappa shape index (κ3) is 1.43. The van der Waals surface area contributed by atoms with Gasteiger partial charge in [-0.25, -0.2) is 0 Å². The molecule has 1 radical (unpaired) electrons. The molecule has 0 aromatic carbocycles. The van der Waals surface area contributed by atoms with Crippen LogP contribution >= 0.6 is 0 Å². The number of ether oxygens (including phenoxy) is 2. The van der Waals surface area contributed by atoms with Gasteiger partial charge in [0.05, 0.1) is 13.2 Å². The van der Waals surface area contributed by atoms with Crippen LogP contribution in [0.25, 0.3) is 0 Å². The molecule has 0 amide bonds. The fourth-order valence-corrected chi connectivity index (χ4v) is 0.466. The summed E-state index contributed by atoms with van der Waals surface area (Å²) in [6.45, 7) is 1.23. The highest BCUT2D eigenvalue weighted by Crippen LogP contribution is 1.95. The molecular weight excluding hydrogens is 96.0 g/mol. The molecule has 41 valence electrons. The van der Waals surface area contributed by atoms with E-state index in [1.807, 2.05) is 0 Å². The Kier molecular flexibility index (Phi) is 1.62. The molecule has 1 saturated heterocycles. The van der Waals surface area contributed by atoms with E-state index in [4.69, 9.17) is 4.74 Å². The van der Waals surface area contributed by atoms with Gasteiger partial charge in [-0.2, -0.15) is 5.11 Å². The molecule has 0 saturated carbocycles. The van der Waals surface area contributed by atoms with Crippen molar-refractivity contribution in [3.05, 3.63) is 0 Å². The topological polar surface area (TPSA) is 38.4 Å². The van der Waals surface area contributed by atoms with Crippen molar-refractivity contribution in [2.24, 2.45) is 0 Å². The van der Waals surface area contributed by atoms with Crippen molar-refractivity contribution < 1.29 is 14.6 Å². The van der Waals surface area contributed by atoms with Gasteiger partial charge in [0, 0.05) is 0 Å². The van der Waals surface area contributed by atoms with E-state index in [9.17, 15) is 5.11 Å². The number of hydrogen-bond acceptors (Lipinski definition) is 2. The third-order valence-corrected chi connectivity index (χ3v) is 0.785. The molecule has 0 aliphatic carbocycles. The normalized spacial score (nSPS) is 33.0. The zero-order valence-corrected chi connectivity index (χ0v) is 3.92. The van der Waals surface area contributed by atoms with Crippen LogP contribution < -0.4 is 0 Å². The molecule has 0 N–H and O–H groups in total. The van der Waals surface area contributed by atoms with E-state index in [-0.39, 0.29) is 6.61 Å². The van der Waals surface area contributed by atoms with Crippen LogP contribution in [0.2, 0.25) is 0 Å². The first-order valence-corrected chi connectivity index (χ1v) is 2.25. The van der Waals surface area contributed by atoms with Gasteiger partial charge in [-0.3, -0.25) is 0 Å². The van der Waals surface area contributed by atoms with Crippen molar-refractivity contribution in [3.8, 4) is 0 Å². The Hall–Kier alpha value is -0.120. The van der Waals surface area contributed by atoms with Crippen LogP contribution in [0.15, 0.2) is 0 Å². The average Bonchev–Trinajstić information content (AvgIpc) is 1.69. The summed E-state index contributed by atoms with van der Waals surface area (Å²) in [6, 6.07) is 0. The third-order valence-electron chi connectivity index (χ3n) is 0.785. The molecule has 7 heavy (non-hydrogen) atoms. The second kappa shape index (κ2) is 2.26. The van der Waals surface area contributed by atoms with E-state index < -0.39 is 6.29 Å². The Morgan fingerprint density at radius 3 is 2.57 bits per heavy atom. The zero-order valence-electron chi connectivity index (χ0n) is 3.92. The SMILES string of the molecule is [O]C1COCCO1. The van der Waals surface area contributed by atoms with E-state index in [0.717, 1.165) is 0 Å². The van der Waals surface area contributed by atoms with E-state index in [0.29, 0.717) is 13.2 Å². The minimum Gasteiger partial charge on any atom is -0.374 e. The molecule has 1 fully saturated rings. The molecule has 1 atom stereocenters. The van der Waals surface area contributed by atoms with E-state index in [1.165, 1.54) is 0 Å². The summed E-state index contributed by atoms with van der Waals surface area (Å²) in [5.41, 5.74) is 0. The Morgan fingerprint density at radius 1 is 1.43 bits per heavy atom. The minimum atomic E-state index is -0.936. The molecule has 1 unspecified atom stereocenters. The second-order valence-corrected chi connectivity index (χ2v) is 1.38. The number of hydrogen-bond donors (Lipinski definition) is 0. The maximum Gasteiger partial charge on any atom is 0.215 e. The lowest BCUT2D eigenvalue weighted by molar-refractivity contribution is -0.212. The molecule has 0 aromatic heterocycles. The molecular formula is C4H7O3.